The number of aromatic nitrogens is 2. The first-order valence-electron chi connectivity index (χ1n) is 7.16. The van der Waals surface area contributed by atoms with Crippen molar-refractivity contribution in [1.82, 2.24) is 9.97 Å². The molecule has 5 heteroatoms. The highest BCUT2D eigenvalue weighted by molar-refractivity contribution is 7.09. The Morgan fingerprint density at radius 2 is 2.00 bits per heavy atom. The second-order valence-electron chi connectivity index (χ2n) is 5.14. The largest absolute Gasteiger partial charge is 0.370 e. The Kier molecular flexibility index (Phi) is 3.87. The van der Waals surface area contributed by atoms with Crippen LogP contribution in [0.15, 0.2) is 17.5 Å². The van der Waals surface area contributed by atoms with Gasteiger partial charge in [-0.25, -0.2) is 9.97 Å². The summed E-state index contributed by atoms with van der Waals surface area (Å²) in [5, 5.41) is 8.90. The van der Waals surface area contributed by atoms with Crippen LogP contribution in [0.3, 0.4) is 0 Å². The normalized spacial score (nSPS) is 14.3. The smallest absolute Gasteiger partial charge is 0.136 e. The first kappa shape index (κ1) is 13.4. The zero-order chi connectivity index (χ0) is 13.9. The zero-order valence-corrected chi connectivity index (χ0v) is 12.8. The molecule has 2 heterocycles. The Labute approximate surface area is 123 Å². The predicted octanol–water partition coefficient (Wildman–Crippen LogP) is 3.77. The maximum absolute atomic E-state index is 4.72. The molecule has 0 spiro atoms. The Hall–Kier alpha value is -1.62. The molecular formula is C15H20N4S. The zero-order valence-electron chi connectivity index (χ0n) is 11.9. The lowest BCUT2D eigenvalue weighted by atomic mass is 10.2. The van der Waals surface area contributed by atoms with Crippen LogP contribution in [0.4, 0.5) is 11.6 Å². The van der Waals surface area contributed by atoms with Crippen LogP contribution in [0, 0.1) is 6.92 Å². The van der Waals surface area contributed by atoms with Gasteiger partial charge in [-0.05, 0) is 38.1 Å². The standard InChI is InChI=1S/C15H20N4S/c1-3-16-13-10(2)14(17-9-12-5-4-8-20-12)19-15(18-13)11-6-7-11/h4-5,8,11H,3,6-7,9H2,1-2H3,(H2,16,17,18,19). The van der Waals surface area contributed by atoms with Gasteiger partial charge in [-0.2, -0.15) is 0 Å². The highest BCUT2D eigenvalue weighted by Crippen LogP contribution is 2.39. The molecule has 2 aromatic rings. The van der Waals surface area contributed by atoms with E-state index in [1.807, 2.05) is 0 Å². The average Bonchev–Trinajstić information content (AvgIpc) is 3.17. The second kappa shape index (κ2) is 5.79. The van der Waals surface area contributed by atoms with Crippen molar-refractivity contribution in [3.63, 3.8) is 0 Å². The van der Waals surface area contributed by atoms with Crippen molar-refractivity contribution in [2.75, 3.05) is 17.2 Å². The summed E-state index contributed by atoms with van der Waals surface area (Å²) in [5.74, 6) is 3.49. The summed E-state index contributed by atoms with van der Waals surface area (Å²) in [4.78, 5) is 10.7. The molecule has 2 aromatic heterocycles. The van der Waals surface area contributed by atoms with Crippen molar-refractivity contribution in [1.29, 1.82) is 0 Å². The van der Waals surface area contributed by atoms with Crippen LogP contribution in [-0.2, 0) is 6.54 Å². The van der Waals surface area contributed by atoms with Crippen LogP contribution in [0.25, 0.3) is 0 Å². The maximum Gasteiger partial charge on any atom is 0.136 e. The van der Waals surface area contributed by atoms with E-state index in [1.54, 1.807) is 11.3 Å². The number of anilines is 2. The minimum atomic E-state index is 0.565. The van der Waals surface area contributed by atoms with E-state index in [2.05, 4.69) is 47.0 Å². The van der Waals surface area contributed by atoms with E-state index in [1.165, 1.54) is 17.7 Å². The lowest BCUT2D eigenvalue weighted by Gasteiger charge is -2.14. The van der Waals surface area contributed by atoms with Crippen LogP contribution in [0.1, 0.15) is 41.9 Å². The molecule has 0 aromatic carbocycles. The minimum Gasteiger partial charge on any atom is -0.370 e. The van der Waals surface area contributed by atoms with E-state index in [0.717, 1.165) is 36.1 Å². The number of nitrogens with one attached hydrogen (secondary N) is 2. The molecule has 0 unspecified atom stereocenters. The van der Waals surface area contributed by atoms with Crippen molar-refractivity contribution in [3.05, 3.63) is 33.8 Å². The summed E-state index contributed by atoms with van der Waals surface area (Å²) in [7, 11) is 0. The summed E-state index contributed by atoms with van der Waals surface area (Å²) in [6, 6.07) is 4.22. The summed E-state index contributed by atoms with van der Waals surface area (Å²) >= 11 is 1.76. The SMILES string of the molecule is CCNc1nc(C2CC2)nc(NCc2cccs2)c1C. The third-order valence-corrected chi connectivity index (χ3v) is 4.34. The van der Waals surface area contributed by atoms with E-state index >= 15 is 0 Å². The third-order valence-electron chi connectivity index (χ3n) is 3.46. The maximum atomic E-state index is 4.72. The first-order valence-corrected chi connectivity index (χ1v) is 8.04. The van der Waals surface area contributed by atoms with Gasteiger partial charge in [0.1, 0.15) is 17.5 Å². The second-order valence-corrected chi connectivity index (χ2v) is 6.17. The summed E-state index contributed by atoms with van der Waals surface area (Å²) in [5.41, 5.74) is 1.10. The van der Waals surface area contributed by atoms with Gasteiger partial charge in [-0.1, -0.05) is 6.07 Å². The molecule has 2 N–H and O–H groups in total. The summed E-state index contributed by atoms with van der Waals surface area (Å²) in [6.45, 7) is 5.88. The lowest BCUT2D eigenvalue weighted by Crippen LogP contribution is -2.10. The quantitative estimate of drug-likeness (QED) is 0.849. The Bertz CT molecular complexity index is 576. The van der Waals surface area contributed by atoms with Crippen molar-refractivity contribution >= 4 is 23.0 Å². The molecule has 0 aliphatic heterocycles. The number of thiophene rings is 1. The number of hydrogen-bond donors (Lipinski definition) is 2. The fraction of sp³-hybridized carbons (Fsp3) is 0.467. The van der Waals surface area contributed by atoms with Crippen molar-refractivity contribution in [3.8, 4) is 0 Å². The summed E-state index contributed by atoms with van der Waals surface area (Å²) < 4.78 is 0. The highest BCUT2D eigenvalue weighted by atomic mass is 32.1. The lowest BCUT2D eigenvalue weighted by molar-refractivity contribution is 0.910. The van der Waals surface area contributed by atoms with Gasteiger partial charge in [-0.15, -0.1) is 11.3 Å². The van der Waals surface area contributed by atoms with Crippen molar-refractivity contribution in [2.24, 2.45) is 0 Å². The molecule has 0 bridgehead atoms. The molecule has 0 amide bonds. The van der Waals surface area contributed by atoms with E-state index in [4.69, 9.17) is 4.98 Å². The number of nitrogens with zero attached hydrogens (tertiary/aromatic N) is 2. The van der Waals surface area contributed by atoms with Crippen LogP contribution in [0.5, 0.6) is 0 Å². The van der Waals surface area contributed by atoms with Gasteiger partial charge in [0.2, 0.25) is 0 Å². The van der Waals surface area contributed by atoms with Crippen LogP contribution in [-0.4, -0.2) is 16.5 Å². The number of hydrogen-bond acceptors (Lipinski definition) is 5. The molecule has 1 saturated carbocycles. The molecule has 3 rings (SSSR count). The molecule has 20 heavy (non-hydrogen) atoms. The first-order chi connectivity index (χ1) is 9.78. The summed E-state index contributed by atoms with van der Waals surface area (Å²) in [6.07, 6.45) is 2.44. The van der Waals surface area contributed by atoms with Gasteiger partial charge in [0.25, 0.3) is 0 Å². The van der Waals surface area contributed by atoms with Crippen LogP contribution >= 0.6 is 11.3 Å². The van der Waals surface area contributed by atoms with Gasteiger partial charge in [-0.3, -0.25) is 0 Å². The minimum absolute atomic E-state index is 0.565. The molecule has 0 atom stereocenters. The Morgan fingerprint density at radius 3 is 2.60 bits per heavy atom. The van der Waals surface area contributed by atoms with E-state index in [9.17, 15) is 0 Å². The molecule has 4 nitrogen and oxygen atoms in total. The molecule has 0 saturated heterocycles. The predicted molar refractivity (Wildman–Crippen MR) is 84.6 cm³/mol. The van der Waals surface area contributed by atoms with Gasteiger partial charge < -0.3 is 10.6 Å². The third kappa shape index (κ3) is 2.93. The van der Waals surface area contributed by atoms with Crippen LogP contribution < -0.4 is 10.6 Å². The van der Waals surface area contributed by atoms with Crippen molar-refractivity contribution in [2.45, 2.75) is 39.2 Å². The van der Waals surface area contributed by atoms with E-state index in [-0.39, 0.29) is 0 Å². The van der Waals surface area contributed by atoms with E-state index in [0.29, 0.717) is 5.92 Å². The Morgan fingerprint density at radius 1 is 1.25 bits per heavy atom. The number of rotatable bonds is 6. The monoisotopic (exact) mass is 288 g/mol. The molecular weight excluding hydrogens is 268 g/mol. The highest BCUT2D eigenvalue weighted by Gasteiger charge is 2.28. The van der Waals surface area contributed by atoms with Crippen molar-refractivity contribution < 1.29 is 0 Å². The van der Waals surface area contributed by atoms with Gasteiger partial charge in [0.05, 0.1) is 6.54 Å². The van der Waals surface area contributed by atoms with Gasteiger partial charge in [0, 0.05) is 22.9 Å². The fourth-order valence-corrected chi connectivity index (χ4v) is 2.80. The fourth-order valence-electron chi connectivity index (χ4n) is 2.15. The van der Waals surface area contributed by atoms with Gasteiger partial charge in [0.15, 0.2) is 0 Å². The molecule has 0 radical (unpaired) electrons. The Balaban J connectivity index is 1.83. The van der Waals surface area contributed by atoms with Gasteiger partial charge >= 0.3 is 0 Å². The van der Waals surface area contributed by atoms with E-state index < -0.39 is 0 Å². The topological polar surface area (TPSA) is 49.8 Å². The average molecular weight is 288 g/mol. The van der Waals surface area contributed by atoms with Crippen LogP contribution in [0.2, 0.25) is 0 Å². The molecule has 1 aliphatic rings. The molecule has 1 aliphatic carbocycles. The molecule has 1 fully saturated rings. The molecule has 106 valence electrons.